The maximum absolute atomic E-state index is 14.9. The number of rotatable bonds is 6. The molecule has 7 nitrogen and oxygen atoms in total. The number of hydrogen-bond donors (Lipinski definition) is 2. The van der Waals surface area contributed by atoms with Crippen LogP contribution in [0.3, 0.4) is 0 Å². The lowest BCUT2D eigenvalue weighted by Gasteiger charge is -2.28. The van der Waals surface area contributed by atoms with Gasteiger partial charge in [0.2, 0.25) is 5.95 Å². The highest BCUT2D eigenvalue weighted by atomic mass is 32.1. The van der Waals surface area contributed by atoms with Crippen LogP contribution in [0.2, 0.25) is 0 Å². The Balaban J connectivity index is 1.51. The van der Waals surface area contributed by atoms with Crippen molar-refractivity contribution in [1.82, 2.24) is 19.9 Å². The van der Waals surface area contributed by atoms with Gasteiger partial charge in [0.15, 0.2) is 0 Å². The number of fused-ring (bicyclic) bond motifs is 1. The zero-order chi connectivity index (χ0) is 20.3. The van der Waals surface area contributed by atoms with Crippen molar-refractivity contribution in [2.75, 3.05) is 43.1 Å². The number of ether oxygens (including phenoxy) is 1. The average molecular weight is 425 g/mol. The van der Waals surface area contributed by atoms with E-state index in [1.165, 1.54) is 6.07 Å². The molecule has 0 saturated carbocycles. The average Bonchev–Trinajstić information content (AvgIpc) is 3.46. The van der Waals surface area contributed by atoms with Crippen molar-refractivity contribution >= 4 is 34.0 Å². The minimum absolute atomic E-state index is 0.303. The van der Waals surface area contributed by atoms with E-state index in [1.807, 2.05) is 23.7 Å². The van der Waals surface area contributed by atoms with Crippen LogP contribution in [0.15, 0.2) is 42.0 Å². The van der Waals surface area contributed by atoms with E-state index in [0.717, 1.165) is 41.2 Å². The van der Waals surface area contributed by atoms with Crippen molar-refractivity contribution in [2.24, 2.45) is 0 Å². The van der Waals surface area contributed by atoms with Gasteiger partial charge in [0, 0.05) is 66.4 Å². The molecule has 3 aromatic heterocycles. The molecule has 0 radical (unpaired) electrons. The Hall–Kier alpha value is -3.04. The van der Waals surface area contributed by atoms with Crippen LogP contribution in [0.25, 0.3) is 22.2 Å². The van der Waals surface area contributed by atoms with Crippen LogP contribution in [-0.2, 0) is 11.2 Å². The summed E-state index contributed by atoms with van der Waals surface area (Å²) in [5.74, 6) is 0.951. The van der Waals surface area contributed by atoms with Crippen molar-refractivity contribution in [3.8, 4) is 11.3 Å². The van der Waals surface area contributed by atoms with Gasteiger partial charge in [-0.1, -0.05) is 0 Å². The summed E-state index contributed by atoms with van der Waals surface area (Å²) in [6.45, 7) is 3.43. The lowest BCUT2D eigenvalue weighted by molar-refractivity contribution is 0.122. The molecule has 30 heavy (non-hydrogen) atoms. The van der Waals surface area contributed by atoms with Gasteiger partial charge in [-0.2, -0.15) is 4.98 Å². The molecule has 0 bridgehead atoms. The Morgan fingerprint density at radius 3 is 2.93 bits per heavy atom. The number of nitrogens with one attached hydrogen (secondary N) is 2. The van der Waals surface area contributed by atoms with Crippen molar-refractivity contribution in [1.29, 1.82) is 0 Å². The van der Waals surface area contributed by atoms with Crippen LogP contribution in [0.1, 0.15) is 5.01 Å². The minimum atomic E-state index is -0.303. The highest BCUT2D eigenvalue weighted by molar-refractivity contribution is 7.09. The largest absolute Gasteiger partial charge is 0.378 e. The maximum atomic E-state index is 14.9. The van der Waals surface area contributed by atoms with Crippen molar-refractivity contribution in [3.63, 3.8) is 0 Å². The highest BCUT2D eigenvalue weighted by Gasteiger charge is 2.19. The fourth-order valence-electron chi connectivity index (χ4n) is 3.62. The number of nitrogens with zero attached hydrogens (tertiary/aromatic N) is 4. The topological polar surface area (TPSA) is 79.0 Å². The van der Waals surface area contributed by atoms with Crippen LogP contribution in [0, 0.1) is 5.82 Å². The fraction of sp³-hybridized carbons (Fsp3) is 0.286. The van der Waals surface area contributed by atoms with Crippen molar-refractivity contribution < 1.29 is 9.13 Å². The molecule has 5 rings (SSSR count). The smallest absolute Gasteiger partial charge is 0.225 e. The molecule has 0 aliphatic carbocycles. The summed E-state index contributed by atoms with van der Waals surface area (Å²) in [6.07, 6.45) is 4.39. The number of morpholine rings is 1. The number of anilines is 2. The molecular weight excluding hydrogens is 403 g/mol. The number of aromatic nitrogens is 4. The lowest BCUT2D eigenvalue weighted by atomic mass is 10.1. The van der Waals surface area contributed by atoms with Crippen LogP contribution in [-0.4, -0.2) is 52.8 Å². The van der Waals surface area contributed by atoms with Gasteiger partial charge in [-0.3, -0.25) is 0 Å². The summed E-state index contributed by atoms with van der Waals surface area (Å²) in [4.78, 5) is 19.0. The van der Waals surface area contributed by atoms with Crippen molar-refractivity contribution in [3.05, 3.63) is 52.9 Å². The van der Waals surface area contributed by atoms with Gasteiger partial charge in [-0.05, 0) is 18.2 Å². The van der Waals surface area contributed by atoms with Gasteiger partial charge in [0.05, 0.1) is 23.9 Å². The lowest BCUT2D eigenvalue weighted by Crippen LogP contribution is -2.37. The number of thiazole rings is 1. The van der Waals surface area contributed by atoms with Crippen molar-refractivity contribution in [2.45, 2.75) is 6.42 Å². The molecule has 2 N–H and O–H groups in total. The predicted molar refractivity (Wildman–Crippen MR) is 117 cm³/mol. The normalized spacial score (nSPS) is 14.4. The molecule has 1 saturated heterocycles. The molecule has 0 spiro atoms. The molecule has 9 heteroatoms. The van der Waals surface area contributed by atoms with Crippen LogP contribution in [0.5, 0.6) is 0 Å². The van der Waals surface area contributed by atoms with Crippen LogP contribution in [0.4, 0.5) is 16.2 Å². The third kappa shape index (κ3) is 3.86. The summed E-state index contributed by atoms with van der Waals surface area (Å²) < 4.78 is 20.4. The molecule has 1 aromatic carbocycles. The number of halogens is 1. The maximum Gasteiger partial charge on any atom is 0.225 e. The summed E-state index contributed by atoms with van der Waals surface area (Å²) in [5, 5.41) is 7.10. The second-order valence-corrected chi connectivity index (χ2v) is 7.98. The Kier molecular flexibility index (Phi) is 5.29. The summed E-state index contributed by atoms with van der Waals surface area (Å²) in [6, 6.07) is 6.95. The molecule has 0 atom stereocenters. The molecule has 4 aromatic rings. The van der Waals surface area contributed by atoms with Gasteiger partial charge < -0.3 is 19.9 Å². The SMILES string of the molecule is Fc1ccc2[nH]ccc2c1-c1cc(N2CCOCC2)nc(NCCc2nccs2)n1. The zero-order valence-corrected chi connectivity index (χ0v) is 17.1. The highest BCUT2D eigenvalue weighted by Crippen LogP contribution is 2.32. The van der Waals surface area contributed by atoms with E-state index in [1.54, 1.807) is 23.6 Å². The van der Waals surface area contributed by atoms with Gasteiger partial charge >= 0.3 is 0 Å². The quantitative estimate of drug-likeness (QED) is 0.491. The van der Waals surface area contributed by atoms with E-state index >= 15 is 0 Å². The molecule has 0 unspecified atom stereocenters. The molecule has 4 heterocycles. The Labute approximate surface area is 177 Å². The van der Waals surface area contributed by atoms with E-state index in [2.05, 4.69) is 25.2 Å². The summed E-state index contributed by atoms with van der Waals surface area (Å²) >= 11 is 1.62. The first-order valence-electron chi connectivity index (χ1n) is 9.88. The molecule has 0 amide bonds. The fourth-order valence-corrected chi connectivity index (χ4v) is 4.24. The molecule has 1 aliphatic rings. The summed E-state index contributed by atoms with van der Waals surface area (Å²) in [5.41, 5.74) is 1.91. The first kappa shape index (κ1) is 19.0. The van der Waals surface area contributed by atoms with E-state index in [0.29, 0.717) is 37.0 Å². The second kappa shape index (κ2) is 8.37. The molecule has 154 valence electrons. The summed E-state index contributed by atoms with van der Waals surface area (Å²) in [7, 11) is 0. The Bertz CT molecular complexity index is 1140. The number of benzene rings is 1. The Morgan fingerprint density at radius 2 is 2.10 bits per heavy atom. The Morgan fingerprint density at radius 1 is 1.20 bits per heavy atom. The van der Waals surface area contributed by atoms with E-state index in [-0.39, 0.29) is 5.82 Å². The van der Waals surface area contributed by atoms with Gasteiger partial charge in [-0.25, -0.2) is 14.4 Å². The van der Waals surface area contributed by atoms with Gasteiger partial charge in [-0.15, -0.1) is 11.3 Å². The molecule has 1 aliphatic heterocycles. The van der Waals surface area contributed by atoms with E-state index in [9.17, 15) is 4.39 Å². The molecule has 1 fully saturated rings. The van der Waals surface area contributed by atoms with E-state index in [4.69, 9.17) is 9.72 Å². The zero-order valence-electron chi connectivity index (χ0n) is 16.3. The number of aromatic amines is 1. The van der Waals surface area contributed by atoms with Gasteiger partial charge in [0.25, 0.3) is 0 Å². The van der Waals surface area contributed by atoms with Crippen LogP contribution < -0.4 is 10.2 Å². The first-order valence-corrected chi connectivity index (χ1v) is 10.8. The number of H-pyrrole nitrogens is 1. The number of hydrogen-bond acceptors (Lipinski definition) is 7. The van der Waals surface area contributed by atoms with E-state index < -0.39 is 0 Å². The monoisotopic (exact) mass is 424 g/mol. The molecular formula is C21H21FN6OS. The second-order valence-electron chi connectivity index (χ2n) is 7.00. The van der Waals surface area contributed by atoms with Gasteiger partial charge in [0.1, 0.15) is 11.6 Å². The minimum Gasteiger partial charge on any atom is -0.378 e. The third-order valence-corrected chi connectivity index (χ3v) is 5.93. The van der Waals surface area contributed by atoms with Crippen LogP contribution >= 0.6 is 11.3 Å². The standard InChI is InChI=1S/C21H21FN6OS/c22-15-1-2-16-14(3-5-23-16)20(15)17-13-18(28-8-10-29-11-9-28)27-21(26-17)25-6-4-19-24-7-12-30-19/h1-3,5,7,12-13,23H,4,6,8-11H2,(H,25,26,27). The predicted octanol–water partition coefficient (Wildman–Crippen LogP) is 3.71. The first-order chi connectivity index (χ1) is 14.8. The third-order valence-electron chi connectivity index (χ3n) is 5.09.